The average molecular weight is 340 g/mol. The van der Waals surface area contributed by atoms with Gasteiger partial charge in [0.2, 0.25) is 10.0 Å². The number of hydrogen-bond donors (Lipinski definition) is 2. The number of hydrogen-bond acceptors (Lipinski definition) is 4. The third-order valence-electron chi connectivity index (χ3n) is 3.84. The number of carbonyl (C=O) groups is 1. The van der Waals surface area contributed by atoms with E-state index in [9.17, 15) is 13.2 Å². The van der Waals surface area contributed by atoms with Gasteiger partial charge in [0.05, 0.1) is 5.75 Å². The van der Waals surface area contributed by atoms with Crippen LogP contribution in [0.1, 0.15) is 17.5 Å². The Bertz CT molecular complexity index is 631. The maximum Gasteiger partial charge on any atom is 0.317 e. The molecular formula is C15H24N4O3S. The molecule has 1 aliphatic heterocycles. The molecular weight excluding hydrogens is 316 g/mol. The van der Waals surface area contributed by atoms with Crippen molar-refractivity contribution in [2.45, 2.75) is 18.7 Å². The Hall–Kier alpha value is -1.64. The summed E-state index contributed by atoms with van der Waals surface area (Å²) in [4.78, 5) is 16.2. The monoisotopic (exact) mass is 340 g/mol. The normalized spacial score (nSPS) is 16.9. The molecule has 3 N–H and O–H groups in total. The summed E-state index contributed by atoms with van der Waals surface area (Å²) in [5.74, 6) is -0.180. The molecule has 23 heavy (non-hydrogen) atoms. The van der Waals surface area contributed by atoms with Gasteiger partial charge in [-0.2, -0.15) is 0 Å². The molecule has 2 rings (SSSR count). The van der Waals surface area contributed by atoms with Crippen molar-refractivity contribution in [2.75, 3.05) is 33.2 Å². The highest BCUT2D eigenvalue weighted by molar-refractivity contribution is 7.88. The number of benzene rings is 1. The molecule has 0 bridgehead atoms. The van der Waals surface area contributed by atoms with Gasteiger partial charge in [-0.3, -0.25) is 0 Å². The second kappa shape index (κ2) is 7.76. The van der Waals surface area contributed by atoms with E-state index in [1.165, 1.54) is 0 Å². The second-order valence-electron chi connectivity index (χ2n) is 5.93. The average Bonchev–Trinajstić information content (AvgIpc) is 2.69. The fraction of sp³-hybridized carbons (Fsp3) is 0.533. The van der Waals surface area contributed by atoms with E-state index in [0.29, 0.717) is 12.1 Å². The molecule has 1 aromatic carbocycles. The van der Waals surface area contributed by atoms with Crippen LogP contribution in [-0.2, 0) is 22.3 Å². The first-order valence-corrected chi connectivity index (χ1v) is 9.35. The van der Waals surface area contributed by atoms with E-state index in [1.807, 2.05) is 4.90 Å². The lowest BCUT2D eigenvalue weighted by Crippen LogP contribution is -2.41. The van der Waals surface area contributed by atoms with Gasteiger partial charge in [0.1, 0.15) is 0 Å². The van der Waals surface area contributed by atoms with Gasteiger partial charge in [-0.15, -0.1) is 0 Å². The van der Waals surface area contributed by atoms with Crippen molar-refractivity contribution in [1.29, 1.82) is 0 Å². The summed E-state index contributed by atoms with van der Waals surface area (Å²) >= 11 is 0. The summed E-state index contributed by atoms with van der Waals surface area (Å²) < 4.78 is 22.1. The Kier molecular flexibility index (Phi) is 5.97. The first-order valence-electron chi connectivity index (χ1n) is 7.63. The van der Waals surface area contributed by atoms with Crippen molar-refractivity contribution in [2.24, 2.45) is 5.14 Å². The Morgan fingerprint density at radius 1 is 1.13 bits per heavy atom. The van der Waals surface area contributed by atoms with Gasteiger partial charge in [-0.25, -0.2) is 18.4 Å². The number of urea groups is 1. The van der Waals surface area contributed by atoms with Crippen LogP contribution in [0.15, 0.2) is 24.3 Å². The zero-order valence-electron chi connectivity index (χ0n) is 13.4. The van der Waals surface area contributed by atoms with Crippen molar-refractivity contribution in [3.05, 3.63) is 35.4 Å². The number of primary sulfonamides is 1. The summed E-state index contributed by atoms with van der Waals surface area (Å²) in [6.45, 7) is 3.81. The second-order valence-corrected chi connectivity index (χ2v) is 7.54. The van der Waals surface area contributed by atoms with Crippen LogP contribution in [0.3, 0.4) is 0 Å². The SMILES string of the molecule is CN1CCCN(C(=O)NCc2ccc(CS(N)(=O)=O)cc2)CC1. The van der Waals surface area contributed by atoms with E-state index < -0.39 is 10.0 Å². The number of amides is 2. The maximum atomic E-state index is 12.2. The van der Waals surface area contributed by atoms with Gasteiger partial charge in [0.25, 0.3) is 0 Å². The first-order chi connectivity index (χ1) is 10.8. The Morgan fingerprint density at radius 3 is 2.43 bits per heavy atom. The molecule has 0 aromatic heterocycles. The number of carbonyl (C=O) groups excluding carboxylic acids is 1. The molecule has 0 unspecified atom stereocenters. The number of nitrogens with two attached hydrogens (primary N) is 1. The standard InChI is InChI=1S/C15H24N4O3S/c1-18-7-2-8-19(10-9-18)15(20)17-11-13-3-5-14(6-4-13)12-23(16,21)22/h3-6H,2,7-12H2,1H3,(H,17,20)(H2,16,21,22). The summed E-state index contributed by atoms with van der Waals surface area (Å²) in [6, 6.07) is 6.97. The van der Waals surface area contributed by atoms with Crippen LogP contribution in [0.4, 0.5) is 4.79 Å². The van der Waals surface area contributed by atoms with Crippen LogP contribution in [0.5, 0.6) is 0 Å². The lowest BCUT2D eigenvalue weighted by atomic mass is 10.1. The molecule has 1 heterocycles. The van der Waals surface area contributed by atoms with Gasteiger partial charge in [-0.05, 0) is 31.1 Å². The molecule has 0 atom stereocenters. The van der Waals surface area contributed by atoms with Gasteiger partial charge in [-0.1, -0.05) is 24.3 Å². The summed E-state index contributed by atoms with van der Waals surface area (Å²) in [6.07, 6.45) is 0.978. The van der Waals surface area contributed by atoms with Gasteiger partial charge in [0.15, 0.2) is 0 Å². The van der Waals surface area contributed by atoms with Crippen LogP contribution in [-0.4, -0.2) is 57.5 Å². The molecule has 8 heteroatoms. The molecule has 1 aromatic rings. The van der Waals surface area contributed by atoms with Crippen molar-refractivity contribution >= 4 is 16.1 Å². The third-order valence-corrected chi connectivity index (χ3v) is 4.58. The highest BCUT2D eigenvalue weighted by atomic mass is 32.2. The lowest BCUT2D eigenvalue weighted by molar-refractivity contribution is 0.199. The number of likely N-dealkylation sites (N-methyl/N-ethyl adjacent to an activating group) is 1. The molecule has 1 saturated heterocycles. The van der Waals surface area contributed by atoms with Crippen LogP contribution in [0.2, 0.25) is 0 Å². The van der Waals surface area contributed by atoms with Crippen LogP contribution < -0.4 is 10.5 Å². The minimum absolute atomic E-state index is 0.0612. The molecule has 128 valence electrons. The van der Waals surface area contributed by atoms with Crippen molar-refractivity contribution in [1.82, 2.24) is 15.1 Å². The fourth-order valence-corrected chi connectivity index (χ4v) is 3.18. The van der Waals surface area contributed by atoms with E-state index in [1.54, 1.807) is 24.3 Å². The van der Waals surface area contributed by atoms with E-state index in [2.05, 4.69) is 17.3 Å². The molecule has 0 aliphatic carbocycles. The number of nitrogens with one attached hydrogen (secondary N) is 1. The van der Waals surface area contributed by atoms with Gasteiger partial charge < -0.3 is 15.1 Å². The van der Waals surface area contributed by atoms with Crippen molar-refractivity contribution in [3.63, 3.8) is 0 Å². The predicted molar refractivity (Wildman–Crippen MR) is 89.2 cm³/mol. The Balaban J connectivity index is 1.84. The highest BCUT2D eigenvalue weighted by Gasteiger charge is 2.16. The minimum atomic E-state index is -3.52. The van der Waals surface area contributed by atoms with E-state index in [0.717, 1.165) is 38.2 Å². The summed E-state index contributed by atoms with van der Waals surface area (Å²) in [5.41, 5.74) is 1.56. The smallest absolute Gasteiger partial charge is 0.317 e. The predicted octanol–water partition coefficient (Wildman–Crippen LogP) is 0.322. The highest BCUT2D eigenvalue weighted by Crippen LogP contribution is 2.07. The molecule has 0 radical (unpaired) electrons. The van der Waals surface area contributed by atoms with Gasteiger partial charge >= 0.3 is 6.03 Å². The molecule has 0 spiro atoms. The third kappa shape index (κ3) is 6.17. The maximum absolute atomic E-state index is 12.2. The Morgan fingerprint density at radius 2 is 1.78 bits per heavy atom. The van der Waals surface area contributed by atoms with Crippen LogP contribution in [0, 0.1) is 0 Å². The van der Waals surface area contributed by atoms with E-state index >= 15 is 0 Å². The fourth-order valence-electron chi connectivity index (χ4n) is 2.52. The largest absolute Gasteiger partial charge is 0.334 e. The topological polar surface area (TPSA) is 95.7 Å². The van der Waals surface area contributed by atoms with Crippen LogP contribution >= 0.6 is 0 Å². The summed E-state index contributed by atoms with van der Waals surface area (Å²) in [5, 5.41) is 7.92. The molecule has 0 saturated carbocycles. The van der Waals surface area contributed by atoms with Crippen molar-refractivity contribution in [3.8, 4) is 0 Å². The first kappa shape index (κ1) is 17.7. The lowest BCUT2D eigenvalue weighted by Gasteiger charge is -2.21. The molecule has 1 fully saturated rings. The molecule has 2 amide bonds. The van der Waals surface area contributed by atoms with Crippen molar-refractivity contribution < 1.29 is 13.2 Å². The van der Waals surface area contributed by atoms with E-state index in [-0.39, 0.29) is 11.8 Å². The number of rotatable bonds is 4. The number of nitrogens with zero attached hydrogens (tertiary/aromatic N) is 2. The number of sulfonamides is 1. The zero-order valence-corrected chi connectivity index (χ0v) is 14.2. The van der Waals surface area contributed by atoms with E-state index in [4.69, 9.17) is 5.14 Å². The van der Waals surface area contributed by atoms with Gasteiger partial charge in [0, 0.05) is 26.2 Å². The van der Waals surface area contributed by atoms with Crippen LogP contribution in [0.25, 0.3) is 0 Å². The summed E-state index contributed by atoms with van der Waals surface area (Å²) in [7, 11) is -1.46. The molecule has 1 aliphatic rings. The quantitative estimate of drug-likeness (QED) is 0.825. The zero-order chi connectivity index (χ0) is 16.9. The Labute approximate surface area is 137 Å². The minimum Gasteiger partial charge on any atom is -0.334 e. The molecule has 7 nitrogen and oxygen atoms in total.